The molecule has 3 unspecified atom stereocenters. The Kier molecular flexibility index (Phi) is 5.16. The van der Waals surface area contributed by atoms with Crippen molar-refractivity contribution in [1.29, 1.82) is 0 Å². The molecule has 1 saturated heterocycles. The highest BCUT2D eigenvalue weighted by molar-refractivity contribution is 5.26. The van der Waals surface area contributed by atoms with Gasteiger partial charge in [-0.15, -0.1) is 0 Å². The number of aliphatic hydroxyl groups excluding tert-OH is 1. The first-order valence-corrected chi connectivity index (χ1v) is 7.36. The molecule has 3 N–H and O–H groups in total. The minimum absolute atomic E-state index is 0.192. The first kappa shape index (κ1) is 15.4. The number of nitrogens with zero attached hydrogens (tertiary/aromatic N) is 2. The van der Waals surface area contributed by atoms with E-state index in [1.54, 1.807) is 0 Å². The molecule has 4 heteroatoms. The van der Waals surface area contributed by atoms with E-state index in [1.807, 2.05) is 0 Å². The molecule has 1 aliphatic rings. The van der Waals surface area contributed by atoms with Crippen molar-refractivity contribution in [2.45, 2.75) is 31.5 Å². The predicted molar refractivity (Wildman–Crippen MR) is 82.6 cm³/mol. The summed E-state index contributed by atoms with van der Waals surface area (Å²) < 4.78 is 0. The topological polar surface area (TPSA) is 52.7 Å². The number of aryl methyl sites for hydroxylation is 1. The Labute approximate surface area is 122 Å². The molecule has 1 heterocycles. The van der Waals surface area contributed by atoms with Crippen molar-refractivity contribution >= 4 is 0 Å². The fourth-order valence-electron chi connectivity index (χ4n) is 3.24. The van der Waals surface area contributed by atoms with Gasteiger partial charge in [0.15, 0.2) is 0 Å². The summed E-state index contributed by atoms with van der Waals surface area (Å²) in [6.07, 6.45) is 0.597. The van der Waals surface area contributed by atoms with Crippen molar-refractivity contribution in [3.8, 4) is 0 Å². The number of likely N-dealkylation sites (N-methyl/N-ethyl adjacent to an activating group) is 1. The Morgan fingerprint density at radius 1 is 1.45 bits per heavy atom. The van der Waals surface area contributed by atoms with Gasteiger partial charge in [0, 0.05) is 31.7 Å². The maximum absolute atomic E-state index is 10.0. The predicted octanol–water partition coefficient (Wildman–Crippen LogP) is 0.992. The van der Waals surface area contributed by atoms with Crippen LogP contribution in [0.5, 0.6) is 0 Å². The molecule has 2 rings (SSSR count). The molecule has 1 aliphatic heterocycles. The van der Waals surface area contributed by atoms with Gasteiger partial charge in [0.1, 0.15) is 0 Å². The van der Waals surface area contributed by atoms with Crippen LogP contribution in [0.2, 0.25) is 0 Å². The number of nitrogens with two attached hydrogens (primary N) is 1. The Balaban J connectivity index is 2.20. The van der Waals surface area contributed by atoms with Crippen molar-refractivity contribution < 1.29 is 5.11 Å². The minimum Gasteiger partial charge on any atom is -0.392 e. The monoisotopic (exact) mass is 277 g/mol. The van der Waals surface area contributed by atoms with E-state index in [0.717, 1.165) is 13.0 Å². The summed E-state index contributed by atoms with van der Waals surface area (Å²) in [5.41, 5.74) is 8.55. The maximum atomic E-state index is 10.0. The van der Waals surface area contributed by atoms with Crippen molar-refractivity contribution in [3.63, 3.8) is 0 Å². The number of likely N-dealkylation sites (tertiary alicyclic amines) is 1. The lowest BCUT2D eigenvalue weighted by atomic mass is 10.0. The van der Waals surface area contributed by atoms with E-state index >= 15 is 0 Å². The molecule has 0 bridgehead atoms. The molecule has 1 aromatic carbocycles. The molecule has 0 aromatic heterocycles. The van der Waals surface area contributed by atoms with E-state index in [0.29, 0.717) is 19.1 Å². The van der Waals surface area contributed by atoms with Gasteiger partial charge in [-0.25, -0.2) is 0 Å². The quantitative estimate of drug-likeness (QED) is 0.843. The molecule has 4 nitrogen and oxygen atoms in total. The number of aliphatic hydroxyl groups is 1. The summed E-state index contributed by atoms with van der Waals surface area (Å²) in [7, 11) is 4.15. The maximum Gasteiger partial charge on any atom is 0.0682 e. The van der Waals surface area contributed by atoms with E-state index < -0.39 is 0 Å². The molecule has 0 radical (unpaired) electrons. The van der Waals surface area contributed by atoms with Crippen molar-refractivity contribution in [1.82, 2.24) is 9.80 Å². The van der Waals surface area contributed by atoms with Crippen LogP contribution in [-0.4, -0.2) is 60.8 Å². The van der Waals surface area contributed by atoms with E-state index in [9.17, 15) is 5.11 Å². The van der Waals surface area contributed by atoms with Gasteiger partial charge < -0.3 is 15.7 Å². The lowest BCUT2D eigenvalue weighted by Crippen LogP contribution is -2.42. The number of hydrogen-bond donors (Lipinski definition) is 2. The number of rotatable bonds is 5. The summed E-state index contributed by atoms with van der Waals surface area (Å²) in [6, 6.07) is 9.09. The fourth-order valence-corrected chi connectivity index (χ4v) is 3.24. The smallest absolute Gasteiger partial charge is 0.0682 e. The van der Waals surface area contributed by atoms with Crippen LogP contribution < -0.4 is 5.73 Å². The molecule has 1 fully saturated rings. The first-order chi connectivity index (χ1) is 9.51. The first-order valence-electron chi connectivity index (χ1n) is 7.36. The Morgan fingerprint density at radius 3 is 2.80 bits per heavy atom. The lowest BCUT2D eigenvalue weighted by molar-refractivity contribution is 0.139. The van der Waals surface area contributed by atoms with Gasteiger partial charge in [-0.1, -0.05) is 29.8 Å². The molecule has 0 aliphatic carbocycles. The zero-order valence-electron chi connectivity index (χ0n) is 12.8. The number of benzene rings is 1. The third kappa shape index (κ3) is 3.58. The van der Waals surface area contributed by atoms with Crippen LogP contribution in [0, 0.1) is 6.92 Å². The van der Waals surface area contributed by atoms with Crippen LogP contribution in [0.1, 0.15) is 23.6 Å². The molecule has 0 saturated carbocycles. The molecular weight excluding hydrogens is 250 g/mol. The summed E-state index contributed by atoms with van der Waals surface area (Å²) in [5.74, 6) is 0. The normalized spacial score (nSPS) is 25.3. The fraction of sp³-hybridized carbons (Fsp3) is 0.625. The SMILES string of the molecule is Cc1cccc(C(CN)N2CC(O)CC2CN(C)C)c1. The van der Waals surface area contributed by atoms with E-state index in [4.69, 9.17) is 5.73 Å². The average molecular weight is 277 g/mol. The molecule has 3 atom stereocenters. The van der Waals surface area contributed by atoms with E-state index in [1.165, 1.54) is 11.1 Å². The van der Waals surface area contributed by atoms with Gasteiger partial charge in [0.25, 0.3) is 0 Å². The van der Waals surface area contributed by atoms with Gasteiger partial charge in [0.05, 0.1) is 6.10 Å². The molecular formula is C16H27N3O. The summed E-state index contributed by atoms with van der Waals surface area (Å²) in [4.78, 5) is 4.55. The Bertz CT molecular complexity index is 435. The third-order valence-electron chi connectivity index (χ3n) is 4.06. The Morgan fingerprint density at radius 2 is 2.20 bits per heavy atom. The zero-order chi connectivity index (χ0) is 14.7. The standard InChI is InChI=1S/C16H27N3O/c1-12-5-4-6-13(7-12)16(9-17)19-11-15(20)8-14(19)10-18(2)3/h4-7,14-16,20H,8-11,17H2,1-3H3. The van der Waals surface area contributed by atoms with Gasteiger partial charge in [-0.05, 0) is 33.0 Å². The largest absolute Gasteiger partial charge is 0.392 e. The van der Waals surface area contributed by atoms with Crippen molar-refractivity contribution in [2.24, 2.45) is 5.73 Å². The number of β-amino-alcohol motifs (C(OH)–C–C–N with tert-alkyl or cyclic N) is 1. The lowest BCUT2D eigenvalue weighted by Gasteiger charge is -2.34. The molecule has 1 aromatic rings. The zero-order valence-corrected chi connectivity index (χ0v) is 12.8. The van der Waals surface area contributed by atoms with Crippen LogP contribution in [0.4, 0.5) is 0 Å². The highest BCUT2D eigenvalue weighted by Crippen LogP contribution is 2.29. The van der Waals surface area contributed by atoms with Crippen LogP contribution >= 0.6 is 0 Å². The van der Waals surface area contributed by atoms with Crippen LogP contribution in [0.15, 0.2) is 24.3 Å². The highest BCUT2D eigenvalue weighted by Gasteiger charge is 2.35. The molecule has 112 valence electrons. The minimum atomic E-state index is -0.237. The summed E-state index contributed by atoms with van der Waals surface area (Å²) in [5, 5.41) is 10.0. The van der Waals surface area contributed by atoms with Gasteiger partial charge in [-0.3, -0.25) is 4.90 Å². The van der Waals surface area contributed by atoms with Crippen LogP contribution in [0.25, 0.3) is 0 Å². The van der Waals surface area contributed by atoms with Crippen molar-refractivity contribution in [2.75, 3.05) is 33.7 Å². The van der Waals surface area contributed by atoms with E-state index in [-0.39, 0.29) is 12.1 Å². The summed E-state index contributed by atoms with van der Waals surface area (Å²) in [6.45, 7) is 4.36. The second kappa shape index (κ2) is 6.68. The van der Waals surface area contributed by atoms with E-state index in [2.05, 4.69) is 55.1 Å². The van der Waals surface area contributed by atoms with Crippen LogP contribution in [0.3, 0.4) is 0 Å². The van der Waals surface area contributed by atoms with Crippen molar-refractivity contribution in [3.05, 3.63) is 35.4 Å². The van der Waals surface area contributed by atoms with Crippen LogP contribution in [-0.2, 0) is 0 Å². The molecule has 20 heavy (non-hydrogen) atoms. The third-order valence-corrected chi connectivity index (χ3v) is 4.06. The highest BCUT2D eigenvalue weighted by atomic mass is 16.3. The van der Waals surface area contributed by atoms with Gasteiger partial charge in [0.2, 0.25) is 0 Å². The van der Waals surface area contributed by atoms with Gasteiger partial charge in [-0.2, -0.15) is 0 Å². The average Bonchev–Trinajstić information content (AvgIpc) is 2.70. The number of hydrogen-bond acceptors (Lipinski definition) is 4. The summed E-state index contributed by atoms with van der Waals surface area (Å²) >= 11 is 0. The van der Waals surface area contributed by atoms with Gasteiger partial charge >= 0.3 is 0 Å². The molecule has 0 spiro atoms. The second-order valence-corrected chi connectivity index (χ2v) is 6.17. The molecule has 0 amide bonds. The second-order valence-electron chi connectivity index (χ2n) is 6.17. The Hall–Kier alpha value is -0.940.